The van der Waals surface area contributed by atoms with E-state index >= 15 is 0 Å². The van der Waals surface area contributed by atoms with Gasteiger partial charge in [0.1, 0.15) is 5.58 Å². The van der Waals surface area contributed by atoms with Gasteiger partial charge in [0, 0.05) is 41.0 Å². The molecule has 2 aromatic heterocycles. The number of fused-ring (bicyclic) bond motifs is 1. The standard InChI is InChI=1S/C22H21N3O2S/c1-14-10-19-16(13-27-20(19)11-15(14)2)12-21(26)24-17-4-6-18(7-5-17)28-22-23-8-9-25(22)3/h4-11,13H,12H2,1-3H3,(H,24,26). The summed E-state index contributed by atoms with van der Waals surface area (Å²) < 4.78 is 7.59. The summed E-state index contributed by atoms with van der Waals surface area (Å²) in [5, 5.41) is 4.88. The Morgan fingerprint density at radius 3 is 2.64 bits per heavy atom. The molecule has 5 nitrogen and oxygen atoms in total. The molecule has 0 atom stereocenters. The number of anilines is 1. The molecule has 28 heavy (non-hydrogen) atoms. The summed E-state index contributed by atoms with van der Waals surface area (Å²) in [4.78, 5) is 17.9. The third-order valence-electron chi connectivity index (χ3n) is 4.75. The largest absolute Gasteiger partial charge is 0.464 e. The van der Waals surface area contributed by atoms with Crippen molar-refractivity contribution in [2.75, 3.05) is 5.32 Å². The summed E-state index contributed by atoms with van der Waals surface area (Å²) >= 11 is 1.58. The van der Waals surface area contributed by atoms with Gasteiger partial charge in [-0.1, -0.05) is 11.8 Å². The van der Waals surface area contributed by atoms with Crippen LogP contribution >= 0.6 is 11.8 Å². The van der Waals surface area contributed by atoms with E-state index in [1.54, 1.807) is 24.2 Å². The predicted octanol–water partition coefficient (Wildman–Crippen LogP) is 5.12. The van der Waals surface area contributed by atoms with Crippen LogP contribution in [0, 0.1) is 13.8 Å². The molecule has 1 N–H and O–H groups in total. The van der Waals surface area contributed by atoms with Crippen LogP contribution in [0.4, 0.5) is 5.69 Å². The van der Waals surface area contributed by atoms with Gasteiger partial charge >= 0.3 is 0 Å². The van der Waals surface area contributed by atoms with Crippen LogP contribution in [-0.4, -0.2) is 15.5 Å². The summed E-state index contributed by atoms with van der Waals surface area (Å²) in [7, 11) is 1.96. The van der Waals surface area contributed by atoms with E-state index in [4.69, 9.17) is 4.42 Å². The SMILES string of the molecule is Cc1cc2occ(CC(=O)Nc3ccc(Sc4nccn4C)cc3)c2cc1C. The van der Waals surface area contributed by atoms with Crippen LogP contribution in [0.3, 0.4) is 0 Å². The third-order valence-corrected chi connectivity index (χ3v) is 5.83. The highest BCUT2D eigenvalue weighted by Gasteiger charge is 2.12. The molecular weight excluding hydrogens is 370 g/mol. The molecule has 6 heteroatoms. The van der Waals surface area contributed by atoms with Crippen molar-refractivity contribution in [3.8, 4) is 0 Å². The van der Waals surface area contributed by atoms with Crippen molar-refractivity contribution in [2.24, 2.45) is 7.05 Å². The van der Waals surface area contributed by atoms with E-state index < -0.39 is 0 Å². The number of aromatic nitrogens is 2. The van der Waals surface area contributed by atoms with Crippen molar-refractivity contribution >= 4 is 34.3 Å². The molecule has 4 rings (SSSR count). The number of nitrogens with one attached hydrogen (secondary N) is 1. The van der Waals surface area contributed by atoms with E-state index in [9.17, 15) is 4.79 Å². The first kappa shape index (κ1) is 18.4. The normalized spacial score (nSPS) is 11.1. The van der Waals surface area contributed by atoms with Crippen LogP contribution < -0.4 is 5.32 Å². The zero-order valence-corrected chi connectivity index (χ0v) is 16.8. The highest BCUT2D eigenvalue weighted by Crippen LogP contribution is 2.27. The minimum absolute atomic E-state index is 0.0644. The van der Waals surface area contributed by atoms with Gasteiger partial charge in [-0.3, -0.25) is 4.79 Å². The van der Waals surface area contributed by atoms with Gasteiger partial charge < -0.3 is 14.3 Å². The molecule has 0 aliphatic heterocycles. The smallest absolute Gasteiger partial charge is 0.228 e. The minimum Gasteiger partial charge on any atom is -0.464 e. The van der Waals surface area contributed by atoms with E-state index in [1.807, 2.05) is 48.1 Å². The number of hydrogen-bond donors (Lipinski definition) is 1. The zero-order chi connectivity index (χ0) is 19.7. The van der Waals surface area contributed by atoms with Crippen molar-refractivity contribution in [3.05, 3.63) is 71.7 Å². The maximum absolute atomic E-state index is 12.5. The second kappa shape index (κ2) is 7.56. The molecule has 142 valence electrons. The molecule has 1 amide bonds. The number of aryl methyl sites for hydroxylation is 3. The molecular formula is C22H21N3O2S. The molecule has 2 aromatic carbocycles. The predicted molar refractivity (Wildman–Crippen MR) is 112 cm³/mol. The monoisotopic (exact) mass is 391 g/mol. The summed E-state index contributed by atoms with van der Waals surface area (Å²) in [6, 6.07) is 11.9. The lowest BCUT2D eigenvalue weighted by Crippen LogP contribution is -2.14. The number of amides is 1. The van der Waals surface area contributed by atoms with Crippen LogP contribution in [-0.2, 0) is 18.3 Å². The molecule has 0 spiro atoms. The van der Waals surface area contributed by atoms with E-state index in [2.05, 4.69) is 30.2 Å². The number of carbonyl (C=O) groups is 1. The molecule has 0 fully saturated rings. The van der Waals surface area contributed by atoms with Gasteiger partial charge in [0.15, 0.2) is 5.16 Å². The van der Waals surface area contributed by atoms with Crippen LogP contribution in [0.1, 0.15) is 16.7 Å². The maximum Gasteiger partial charge on any atom is 0.228 e. The molecule has 0 unspecified atom stereocenters. The number of nitrogens with zero attached hydrogens (tertiary/aromatic N) is 2. The number of imidazole rings is 1. The van der Waals surface area contributed by atoms with Crippen LogP contribution in [0.15, 0.2) is 69.5 Å². The Morgan fingerprint density at radius 2 is 1.93 bits per heavy atom. The Morgan fingerprint density at radius 1 is 1.18 bits per heavy atom. The quantitative estimate of drug-likeness (QED) is 0.513. The summed E-state index contributed by atoms with van der Waals surface area (Å²) in [6.07, 6.45) is 5.65. The fourth-order valence-corrected chi connectivity index (χ4v) is 3.81. The average molecular weight is 391 g/mol. The number of benzene rings is 2. The highest BCUT2D eigenvalue weighted by atomic mass is 32.2. The van der Waals surface area contributed by atoms with Gasteiger partial charge in [0.05, 0.1) is 12.7 Å². The van der Waals surface area contributed by atoms with Crippen LogP contribution in [0.2, 0.25) is 0 Å². The van der Waals surface area contributed by atoms with Crippen molar-refractivity contribution in [3.63, 3.8) is 0 Å². The van der Waals surface area contributed by atoms with Gasteiger partial charge in [0.25, 0.3) is 0 Å². The van der Waals surface area contributed by atoms with E-state index in [0.717, 1.165) is 32.3 Å². The van der Waals surface area contributed by atoms with Crippen molar-refractivity contribution in [2.45, 2.75) is 30.3 Å². The zero-order valence-electron chi connectivity index (χ0n) is 16.0. The van der Waals surface area contributed by atoms with Crippen molar-refractivity contribution in [1.82, 2.24) is 9.55 Å². The maximum atomic E-state index is 12.5. The second-order valence-corrected chi connectivity index (χ2v) is 7.91. The molecule has 0 aliphatic carbocycles. The van der Waals surface area contributed by atoms with Gasteiger partial charge in [-0.05, 0) is 61.4 Å². The Balaban J connectivity index is 1.42. The first-order valence-electron chi connectivity index (χ1n) is 9.02. The molecule has 0 aliphatic rings. The molecule has 4 aromatic rings. The summed E-state index contributed by atoms with van der Waals surface area (Å²) in [6.45, 7) is 4.12. The van der Waals surface area contributed by atoms with Crippen molar-refractivity contribution in [1.29, 1.82) is 0 Å². The molecule has 0 radical (unpaired) electrons. The van der Waals surface area contributed by atoms with E-state index in [0.29, 0.717) is 0 Å². The second-order valence-electron chi connectivity index (χ2n) is 6.87. The number of rotatable bonds is 5. The fourth-order valence-electron chi connectivity index (χ4n) is 3.01. The Hall–Kier alpha value is -2.99. The lowest BCUT2D eigenvalue weighted by molar-refractivity contribution is -0.115. The highest BCUT2D eigenvalue weighted by molar-refractivity contribution is 7.99. The number of furan rings is 1. The average Bonchev–Trinajstić information content (AvgIpc) is 3.24. The Kier molecular flexibility index (Phi) is 4.96. The molecule has 0 saturated heterocycles. The number of hydrogen-bond acceptors (Lipinski definition) is 4. The lowest BCUT2D eigenvalue weighted by atomic mass is 10.0. The topological polar surface area (TPSA) is 60.1 Å². The summed E-state index contributed by atoms with van der Waals surface area (Å²) in [5.74, 6) is -0.0644. The fraction of sp³-hybridized carbons (Fsp3) is 0.182. The minimum atomic E-state index is -0.0644. The van der Waals surface area contributed by atoms with E-state index in [-0.39, 0.29) is 12.3 Å². The van der Waals surface area contributed by atoms with Crippen LogP contribution in [0.5, 0.6) is 0 Å². The molecule has 2 heterocycles. The van der Waals surface area contributed by atoms with Crippen LogP contribution in [0.25, 0.3) is 11.0 Å². The first-order valence-corrected chi connectivity index (χ1v) is 9.83. The number of carbonyl (C=O) groups excluding carboxylic acids is 1. The van der Waals surface area contributed by atoms with Gasteiger partial charge in [-0.15, -0.1) is 0 Å². The third kappa shape index (κ3) is 3.82. The first-order chi connectivity index (χ1) is 13.5. The summed E-state index contributed by atoms with van der Waals surface area (Å²) in [5.41, 5.74) is 4.87. The van der Waals surface area contributed by atoms with Gasteiger partial charge in [-0.25, -0.2) is 4.98 Å². The van der Waals surface area contributed by atoms with Gasteiger partial charge in [-0.2, -0.15) is 0 Å². The Labute approximate surface area is 167 Å². The Bertz CT molecular complexity index is 1140. The van der Waals surface area contributed by atoms with Gasteiger partial charge in [0.2, 0.25) is 5.91 Å². The molecule has 0 bridgehead atoms. The van der Waals surface area contributed by atoms with Crippen molar-refractivity contribution < 1.29 is 9.21 Å². The van der Waals surface area contributed by atoms with E-state index in [1.165, 1.54) is 11.1 Å². The lowest BCUT2D eigenvalue weighted by Gasteiger charge is -2.07. The molecule has 0 saturated carbocycles.